The lowest BCUT2D eigenvalue weighted by Gasteiger charge is -2.32. The molecule has 4 rings (SSSR count). The minimum atomic E-state index is -0.0401. The third-order valence-corrected chi connectivity index (χ3v) is 6.20. The van der Waals surface area contributed by atoms with E-state index in [0.717, 1.165) is 73.6 Å². The zero-order valence-electron chi connectivity index (χ0n) is 15.9. The fourth-order valence-corrected chi connectivity index (χ4v) is 4.37. The highest BCUT2D eigenvalue weighted by molar-refractivity contribution is 6.36. The highest BCUT2D eigenvalue weighted by Crippen LogP contribution is 2.33. The van der Waals surface area contributed by atoms with Gasteiger partial charge in [0.1, 0.15) is 0 Å². The van der Waals surface area contributed by atoms with Crippen molar-refractivity contribution in [2.24, 2.45) is 0 Å². The van der Waals surface area contributed by atoms with Gasteiger partial charge in [0.25, 0.3) is 5.91 Å². The van der Waals surface area contributed by atoms with Crippen LogP contribution in [-0.4, -0.2) is 67.0 Å². The predicted molar refractivity (Wildman–Crippen MR) is 110 cm³/mol. The molecule has 0 spiro atoms. The highest BCUT2D eigenvalue weighted by Gasteiger charge is 2.18. The summed E-state index contributed by atoms with van der Waals surface area (Å²) in [5, 5.41) is 4.81. The molecule has 2 aromatic rings. The minimum Gasteiger partial charge on any atom is -0.351 e. The van der Waals surface area contributed by atoms with Crippen LogP contribution < -0.4 is 5.32 Å². The van der Waals surface area contributed by atoms with Crippen LogP contribution in [-0.2, 0) is 12.8 Å². The van der Waals surface area contributed by atoms with E-state index < -0.39 is 0 Å². The third kappa shape index (κ3) is 4.10. The second kappa shape index (κ2) is 8.13. The summed E-state index contributed by atoms with van der Waals surface area (Å²) < 4.78 is 0. The molecular weight excluding hydrogens is 360 g/mol. The Morgan fingerprint density at radius 2 is 1.96 bits per heavy atom. The van der Waals surface area contributed by atoms with Crippen LogP contribution in [0.15, 0.2) is 18.2 Å². The zero-order valence-corrected chi connectivity index (χ0v) is 16.7. The van der Waals surface area contributed by atoms with Crippen LogP contribution >= 0.6 is 11.6 Å². The lowest BCUT2D eigenvalue weighted by Crippen LogP contribution is -2.46. The van der Waals surface area contributed by atoms with Crippen molar-refractivity contribution in [2.45, 2.75) is 25.7 Å². The molecule has 27 heavy (non-hydrogen) atoms. The maximum atomic E-state index is 12.6. The molecule has 0 radical (unpaired) electrons. The third-order valence-electron chi connectivity index (χ3n) is 5.76. The largest absolute Gasteiger partial charge is 0.351 e. The van der Waals surface area contributed by atoms with E-state index in [1.807, 2.05) is 18.2 Å². The van der Waals surface area contributed by atoms with Crippen LogP contribution in [0.2, 0.25) is 5.02 Å². The van der Waals surface area contributed by atoms with Crippen molar-refractivity contribution in [2.75, 3.05) is 46.3 Å². The van der Waals surface area contributed by atoms with Crippen molar-refractivity contribution in [1.82, 2.24) is 20.1 Å². The van der Waals surface area contributed by atoms with E-state index in [2.05, 4.69) is 22.2 Å². The molecule has 144 valence electrons. The molecule has 1 aromatic heterocycles. The highest BCUT2D eigenvalue weighted by atomic mass is 35.5. The molecule has 1 N–H and O–H groups in total. The summed E-state index contributed by atoms with van der Waals surface area (Å²) in [4.78, 5) is 22.1. The molecule has 1 aromatic carbocycles. The van der Waals surface area contributed by atoms with E-state index in [1.165, 1.54) is 12.0 Å². The van der Waals surface area contributed by atoms with Crippen LogP contribution in [0, 0.1) is 0 Å². The van der Waals surface area contributed by atoms with E-state index in [4.69, 9.17) is 16.6 Å². The number of carbonyl (C=O) groups is 1. The first-order chi connectivity index (χ1) is 13.1. The van der Waals surface area contributed by atoms with E-state index in [9.17, 15) is 4.79 Å². The molecule has 1 amide bonds. The summed E-state index contributed by atoms with van der Waals surface area (Å²) in [6, 6.07) is 5.67. The number of carbonyl (C=O) groups excluding carboxylic acids is 1. The van der Waals surface area contributed by atoms with Gasteiger partial charge in [0.05, 0.1) is 10.5 Å². The van der Waals surface area contributed by atoms with Gasteiger partial charge in [-0.15, -0.1) is 0 Å². The quantitative estimate of drug-likeness (QED) is 0.877. The van der Waals surface area contributed by atoms with Crippen molar-refractivity contribution in [3.63, 3.8) is 0 Å². The predicted octanol–water partition coefficient (Wildman–Crippen LogP) is 2.74. The Kier molecular flexibility index (Phi) is 5.62. The van der Waals surface area contributed by atoms with Crippen molar-refractivity contribution >= 4 is 28.4 Å². The van der Waals surface area contributed by atoms with Gasteiger partial charge in [0.2, 0.25) is 0 Å². The maximum absolute atomic E-state index is 12.6. The molecular formula is C21H27ClN4O. The van der Waals surface area contributed by atoms with Crippen molar-refractivity contribution in [1.29, 1.82) is 0 Å². The number of benzene rings is 1. The lowest BCUT2D eigenvalue weighted by molar-refractivity contribution is 0.0941. The zero-order chi connectivity index (χ0) is 18.8. The molecule has 1 aliphatic carbocycles. The van der Waals surface area contributed by atoms with Crippen LogP contribution in [0.3, 0.4) is 0 Å². The SMILES string of the molecule is CN1CCN(CCNC(=O)c2ccc3c(Cl)c4c(nc3c2)CCCC4)CC1. The van der Waals surface area contributed by atoms with Crippen molar-refractivity contribution in [3.8, 4) is 0 Å². The number of halogens is 1. The van der Waals surface area contributed by atoms with E-state index in [1.54, 1.807) is 0 Å². The summed E-state index contributed by atoms with van der Waals surface area (Å²) in [5.74, 6) is -0.0401. The first kappa shape index (κ1) is 18.7. The normalized spacial score (nSPS) is 18.4. The number of pyridine rings is 1. The topological polar surface area (TPSA) is 48.5 Å². The fourth-order valence-electron chi connectivity index (χ4n) is 4.01. The number of hydrogen-bond acceptors (Lipinski definition) is 4. The van der Waals surface area contributed by atoms with E-state index in [-0.39, 0.29) is 5.91 Å². The molecule has 0 bridgehead atoms. The van der Waals surface area contributed by atoms with Gasteiger partial charge in [0.15, 0.2) is 0 Å². The van der Waals surface area contributed by atoms with Crippen LogP contribution in [0.5, 0.6) is 0 Å². The first-order valence-corrected chi connectivity index (χ1v) is 10.3. The second-order valence-electron chi connectivity index (χ2n) is 7.69. The number of rotatable bonds is 4. The lowest BCUT2D eigenvalue weighted by atomic mass is 9.94. The average Bonchev–Trinajstić information content (AvgIpc) is 2.69. The molecule has 0 saturated carbocycles. The number of hydrogen-bond donors (Lipinski definition) is 1. The second-order valence-corrected chi connectivity index (χ2v) is 8.07. The Morgan fingerprint density at radius 3 is 2.78 bits per heavy atom. The number of likely N-dealkylation sites (N-methyl/N-ethyl adjacent to an activating group) is 1. The van der Waals surface area contributed by atoms with Crippen LogP contribution in [0.4, 0.5) is 0 Å². The summed E-state index contributed by atoms with van der Waals surface area (Å²) in [6.07, 6.45) is 4.32. The maximum Gasteiger partial charge on any atom is 0.251 e. The van der Waals surface area contributed by atoms with Gasteiger partial charge >= 0.3 is 0 Å². The number of aromatic nitrogens is 1. The molecule has 1 fully saturated rings. The number of nitrogens with one attached hydrogen (secondary N) is 1. The number of piperazine rings is 1. The summed E-state index contributed by atoms with van der Waals surface area (Å²) >= 11 is 6.62. The number of amides is 1. The molecule has 1 aliphatic heterocycles. The van der Waals surface area contributed by atoms with Crippen molar-refractivity contribution < 1.29 is 4.79 Å². The number of fused-ring (bicyclic) bond motifs is 2. The molecule has 6 heteroatoms. The molecule has 5 nitrogen and oxygen atoms in total. The standard InChI is InChI=1S/C21H27ClN4O/c1-25-10-12-26(13-11-25)9-8-23-21(27)15-6-7-17-19(14-15)24-18-5-3-2-4-16(18)20(17)22/h6-7,14H,2-5,8-13H2,1H3,(H,23,27). The van der Waals surface area contributed by atoms with Gasteiger partial charge in [-0.1, -0.05) is 17.7 Å². The monoisotopic (exact) mass is 386 g/mol. The van der Waals surface area contributed by atoms with Gasteiger partial charge in [-0.25, -0.2) is 0 Å². The van der Waals surface area contributed by atoms with Gasteiger partial charge in [0, 0.05) is 55.9 Å². The van der Waals surface area contributed by atoms with Crippen LogP contribution in [0.25, 0.3) is 10.9 Å². The summed E-state index contributed by atoms with van der Waals surface area (Å²) in [5.41, 5.74) is 3.78. The molecule has 0 atom stereocenters. The summed E-state index contributed by atoms with van der Waals surface area (Å²) in [7, 11) is 2.15. The van der Waals surface area contributed by atoms with Crippen LogP contribution in [0.1, 0.15) is 34.5 Å². The molecule has 2 aliphatic rings. The van der Waals surface area contributed by atoms with Gasteiger partial charge in [-0.2, -0.15) is 0 Å². The first-order valence-electron chi connectivity index (χ1n) is 9.92. The Bertz CT molecular complexity index is 846. The number of aryl methyl sites for hydroxylation is 1. The minimum absolute atomic E-state index is 0.0401. The average molecular weight is 387 g/mol. The Hall–Kier alpha value is -1.69. The Balaban J connectivity index is 1.43. The van der Waals surface area contributed by atoms with Crippen molar-refractivity contribution in [3.05, 3.63) is 40.0 Å². The molecule has 2 heterocycles. The Labute approximate surface area is 165 Å². The summed E-state index contributed by atoms with van der Waals surface area (Å²) in [6.45, 7) is 5.88. The molecule has 0 unspecified atom stereocenters. The van der Waals surface area contributed by atoms with Gasteiger partial charge in [-0.05, 0) is 50.4 Å². The number of nitrogens with zero attached hydrogens (tertiary/aromatic N) is 3. The van der Waals surface area contributed by atoms with E-state index in [0.29, 0.717) is 12.1 Å². The van der Waals surface area contributed by atoms with Gasteiger partial charge < -0.3 is 10.2 Å². The Morgan fingerprint density at radius 1 is 1.19 bits per heavy atom. The molecule has 1 saturated heterocycles. The van der Waals surface area contributed by atoms with E-state index >= 15 is 0 Å². The van der Waals surface area contributed by atoms with Gasteiger partial charge in [-0.3, -0.25) is 14.7 Å². The smallest absolute Gasteiger partial charge is 0.251 e. The fraction of sp³-hybridized carbons (Fsp3) is 0.524.